The molecular formula is C23H26ClN5OS. The first-order chi connectivity index (χ1) is 15.1. The van der Waals surface area contributed by atoms with Crippen molar-refractivity contribution in [3.63, 3.8) is 0 Å². The van der Waals surface area contributed by atoms with Crippen LogP contribution in [-0.4, -0.2) is 31.4 Å². The van der Waals surface area contributed by atoms with Crippen LogP contribution in [0.1, 0.15) is 44.2 Å². The third kappa shape index (κ3) is 5.46. The molecule has 162 valence electrons. The van der Waals surface area contributed by atoms with Crippen molar-refractivity contribution in [2.75, 3.05) is 5.75 Å². The van der Waals surface area contributed by atoms with Crippen molar-refractivity contribution in [1.82, 2.24) is 25.1 Å². The maximum Gasteiger partial charge on any atom is 0.230 e. The summed E-state index contributed by atoms with van der Waals surface area (Å²) in [5.74, 6) is 1.63. The van der Waals surface area contributed by atoms with Crippen LogP contribution in [0.5, 0.6) is 0 Å². The lowest BCUT2D eigenvalue weighted by Crippen LogP contribution is -2.25. The molecule has 4 rings (SSSR count). The van der Waals surface area contributed by atoms with E-state index in [2.05, 4.69) is 32.0 Å². The Morgan fingerprint density at radius 2 is 2.00 bits per heavy atom. The van der Waals surface area contributed by atoms with Crippen molar-refractivity contribution in [2.24, 2.45) is 5.92 Å². The van der Waals surface area contributed by atoms with Gasteiger partial charge in [0, 0.05) is 35.6 Å². The number of hydrogen-bond acceptors (Lipinski definition) is 5. The molecule has 1 saturated carbocycles. The molecule has 1 aliphatic rings. The van der Waals surface area contributed by atoms with Gasteiger partial charge >= 0.3 is 0 Å². The molecule has 0 bridgehead atoms. The summed E-state index contributed by atoms with van der Waals surface area (Å²) in [7, 11) is 0. The van der Waals surface area contributed by atoms with E-state index < -0.39 is 0 Å². The summed E-state index contributed by atoms with van der Waals surface area (Å²) in [6.07, 6.45) is 8.34. The van der Waals surface area contributed by atoms with Gasteiger partial charge in [-0.2, -0.15) is 0 Å². The molecule has 0 spiro atoms. The van der Waals surface area contributed by atoms with E-state index in [1.165, 1.54) is 31.0 Å². The minimum Gasteiger partial charge on any atom is -0.351 e. The summed E-state index contributed by atoms with van der Waals surface area (Å²) in [5, 5.41) is 13.4. The lowest BCUT2D eigenvalue weighted by molar-refractivity contribution is -0.118. The number of nitrogens with zero attached hydrogens (tertiary/aromatic N) is 4. The van der Waals surface area contributed by atoms with E-state index in [1.54, 1.807) is 6.20 Å². The lowest BCUT2D eigenvalue weighted by atomic mass is 9.85. The van der Waals surface area contributed by atoms with Crippen LogP contribution in [-0.2, 0) is 11.3 Å². The summed E-state index contributed by atoms with van der Waals surface area (Å²) in [4.78, 5) is 16.7. The van der Waals surface area contributed by atoms with Gasteiger partial charge in [-0.3, -0.25) is 14.3 Å². The van der Waals surface area contributed by atoms with Gasteiger partial charge in [-0.1, -0.05) is 55.3 Å². The molecule has 0 unspecified atom stereocenters. The molecule has 8 heteroatoms. The molecule has 1 N–H and O–H groups in total. The average Bonchev–Trinajstić information content (AvgIpc) is 3.22. The second-order valence-corrected chi connectivity index (χ2v) is 9.32. The van der Waals surface area contributed by atoms with Crippen LogP contribution in [0.4, 0.5) is 0 Å². The first-order valence-corrected chi connectivity index (χ1v) is 12.0. The maximum absolute atomic E-state index is 12.5. The van der Waals surface area contributed by atoms with E-state index in [0.717, 1.165) is 28.5 Å². The summed E-state index contributed by atoms with van der Waals surface area (Å²) in [6.45, 7) is 2.77. The summed E-state index contributed by atoms with van der Waals surface area (Å²) < 4.78 is 2.23. The summed E-state index contributed by atoms with van der Waals surface area (Å²) in [6, 6.07) is 11.7. The Bertz CT molecular complexity index is 1010. The van der Waals surface area contributed by atoms with E-state index in [0.29, 0.717) is 29.3 Å². The van der Waals surface area contributed by atoms with Crippen molar-refractivity contribution in [3.05, 3.63) is 59.4 Å². The summed E-state index contributed by atoms with van der Waals surface area (Å²) in [5.41, 5.74) is 1.97. The fraction of sp³-hybridized carbons (Fsp3) is 0.391. The predicted molar refractivity (Wildman–Crippen MR) is 124 cm³/mol. The van der Waals surface area contributed by atoms with Crippen molar-refractivity contribution < 1.29 is 4.79 Å². The van der Waals surface area contributed by atoms with E-state index in [-0.39, 0.29) is 5.91 Å². The van der Waals surface area contributed by atoms with Crippen LogP contribution in [0.25, 0.3) is 11.4 Å². The number of carbonyl (C=O) groups is 1. The molecule has 0 radical (unpaired) electrons. The Labute approximate surface area is 191 Å². The molecule has 2 heterocycles. The molecule has 6 nitrogen and oxygen atoms in total. The second-order valence-electron chi connectivity index (χ2n) is 7.94. The van der Waals surface area contributed by atoms with Gasteiger partial charge in [-0.25, -0.2) is 0 Å². The van der Waals surface area contributed by atoms with Gasteiger partial charge in [0.05, 0.1) is 5.75 Å². The van der Waals surface area contributed by atoms with E-state index in [1.807, 2.05) is 42.6 Å². The van der Waals surface area contributed by atoms with E-state index in [9.17, 15) is 4.79 Å². The van der Waals surface area contributed by atoms with Gasteiger partial charge in [-0.15, -0.1) is 10.2 Å². The van der Waals surface area contributed by atoms with Crippen molar-refractivity contribution in [3.8, 4) is 11.4 Å². The van der Waals surface area contributed by atoms with Crippen LogP contribution < -0.4 is 5.32 Å². The SMILES string of the molecule is C[C@@H]1CCCC[C@H]1n1c(SCC(=O)NCc2ccc(Cl)cc2)nnc1-c1cccnc1. The highest BCUT2D eigenvalue weighted by Gasteiger charge is 2.29. The van der Waals surface area contributed by atoms with Gasteiger partial charge in [-0.05, 0) is 48.6 Å². The van der Waals surface area contributed by atoms with Crippen molar-refractivity contribution in [2.45, 2.75) is 50.4 Å². The zero-order chi connectivity index (χ0) is 21.6. The molecule has 0 aliphatic heterocycles. The molecular weight excluding hydrogens is 430 g/mol. The minimum absolute atomic E-state index is 0.0332. The lowest BCUT2D eigenvalue weighted by Gasteiger charge is -2.31. The third-order valence-electron chi connectivity index (χ3n) is 5.72. The molecule has 1 aliphatic carbocycles. The Hall–Kier alpha value is -2.38. The molecule has 31 heavy (non-hydrogen) atoms. The zero-order valence-corrected chi connectivity index (χ0v) is 19.1. The number of benzene rings is 1. The molecule has 1 fully saturated rings. The number of pyridine rings is 1. The van der Waals surface area contributed by atoms with Crippen molar-refractivity contribution >= 4 is 29.3 Å². The topological polar surface area (TPSA) is 72.7 Å². The van der Waals surface area contributed by atoms with Crippen molar-refractivity contribution in [1.29, 1.82) is 0 Å². The summed E-state index contributed by atoms with van der Waals surface area (Å²) >= 11 is 7.36. The van der Waals surface area contributed by atoms with Gasteiger partial charge < -0.3 is 5.32 Å². The predicted octanol–water partition coefficient (Wildman–Crippen LogP) is 5.15. The van der Waals surface area contributed by atoms with Crippen LogP contribution in [0.3, 0.4) is 0 Å². The van der Waals surface area contributed by atoms with Crippen LogP contribution in [0.15, 0.2) is 53.9 Å². The Morgan fingerprint density at radius 1 is 1.19 bits per heavy atom. The van der Waals surface area contributed by atoms with Crippen LogP contribution in [0, 0.1) is 5.92 Å². The van der Waals surface area contributed by atoms with E-state index >= 15 is 0 Å². The highest BCUT2D eigenvalue weighted by atomic mass is 35.5. The maximum atomic E-state index is 12.5. The first-order valence-electron chi connectivity index (χ1n) is 10.6. The number of aromatic nitrogens is 4. The monoisotopic (exact) mass is 455 g/mol. The number of rotatable bonds is 7. The second kappa shape index (κ2) is 10.3. The smallest absolute Gasteiger partial charge is 0.230 e. The molecule has 1 amide bonds. The highest BCUT2D eigenvalue weighted by molar-refractivity contribution is 7.99. The van der Waals surface area contributed by atoms with Crippen LogP contribution in [0.2, 0.25) is 5.02 Å². The zero-order valence-electron chi connectivity index (χ0n) is 17.5. The number of thioether (sulfide) groups is 1. The Morgan fingerprint density at radius 3 is 2.74 bits per heavy atom. The average molecular weight is 456 g/mol. The largest absolute Gasteiger partial charge is 0.351 e. The quantitative estimate of drug-likeness (QED) is 0.498. The number of halogens is 1. The fourth-order valence-electron chi connectivity index (χ4n) is 4.03. The fourth-order valence-corrected chi connectivity index (χ4v) is 4.98. The molecule has 3 aromatic rings. The molecule has 2 aromatic heterocycles. The number of hydrogen-bond donors (Lipinski definition) is 1. The van der Waals surface area contributed by atoms with Gasteiger partial charge in [0.2, 0.25) is 5.91 Å². The number of amides is 1. The molecule has 1 aromatic carbocycles. The Balaban J connectivity index is 1.47. The van der Waals surface area contributed by atoms with E-state index in [4.69, 9.17) is 11.6 Å². The number of nitrogens with one attached hydrogen (secondary N) is 1. The van der Waals surface area contributed by atoms with Gasteiger partial charge in [0.25, 0.3) is 0 Å². The third-order valence-corrected chi connectivity index (χ3v) is 6.91. The molecule has 2 atom stereocenters. The van der Waals surface area contributed by atoms with Gasteiger partial charge in [0.15, 0.2) is 11.0 Å². The first kappa shape index (κ1) is 21.8. The standard InChI is InChI=1S/C23H26ClN5OS/c1-16-5-2-3-7-20(16)29-22(18-6-4-12-25-14-18)27-28-23(29)31-15-21(30)26-13-17-8-10-19(24)11-9-17/h4,6,8-12,14,16,20H,2-3,5,7,13,15H2,1H3,(H,26,30)/t16-,20-/m1/s1. The minimum atomic E-state index is -0.0332. The van der Waals surface area contributed by atoms with Crippen LogP contribution >= 0.6 is 23.4 Å². The molecule has 0 saturated heterocycles. The Kier molecular flexibility index (Phi) is 7.25. The highest BCUT2D eigenvalue weighted by Crippen LogP contribution is 2.38. The number of carbonyl (C=O) groups excluding carboxylic acids is 1. The normalized spacial score (nSPS) is 18.6. The van der Waals surface area contributed by atoms with Gasteiger partial charge in [0.1, 0.15) is 0 Å².